The van der Waals surface area contributed by atoms with Crippen LogP contribution >= 0.6 is 11.3 Å². The number of hydrogen-bond acceptors (Lipinski definition) is 3. The SMILES string of the molecule is Cn1c2[n+](c3sc4cccnc4c31)Cc1ncccc1-2. The Morgan fingerprint density at radius 3 is 3.00 bits per heavy atom. The van der Waals surface area contributed by atoms with Gasteiger partial charge in [-0.1, -0.05) is 11.3 Å². The summed E-state index contributed by atoms with van der Waals surface area (Å²) < 4.78 is 5.86. The fourth-order valence-corrected chi connectivity index (χ4v) is 4.36. The lowest BCUT2D eigenvalue weighted by atomic mass is 10.2. The van der Waals surface area contributed by atoms with E-state index in [1.165, 1.54) is 26.4 Å². The van der Waals surface area contributed by atoms with Crippen molar-refractivity contribution < 1.29 is 4.57 Å². The average Bonchev–Trinajstić information content (AvgIpc) is 3.10. The van der Waals surface area contributed by atoms with Crippen LogP contribution in [0.25, 0.3) is 32.0 Å². The van der Waals surface area contributed by atoms with E-state index >= 15 is 0 Å². The molecule has 0 radical (unpaired) electrons. The van der Waals surface area contributed by atoms with Crippen molar-refractivity contribution in [2.24, 2.45) is 7.05 Å². The van der Waals surface area contributed by atoms with Crippen molar-refractivity contribution in [1.29, 1.82) is 0 Å². The Kier molecular flexibility index (Phi) is 1.80. The van der Waals surface area contributed by atoms with E-state index in [0.717, 1.165) is 17.8 Å². The first kappa shape index (κ1) is 10.5. The summed E-state index contributed by atoms with van der Waals surface area (Å²) in [4.78, 5) is 10.3. The molecule has 5 rings (SSSR count). The molecule has 0 N–H and O–H groups in total. The zero-order valence-corrected chi connectivity index (χ0v) is 11.7. The Bertz CT molecular complexity index is 996. The molecule has 0 bridgehead atoms. The summed E-state index contributed by atoms with van der Waals surface area (Å²) in [5.74, 6) is 1.24. The van der Waals surface area contributed by atoms with E-state index in [9.17, 15) is 0 Å². The molecule has 0 aromatic carbocycles. The van der Waals surface area contributed by atoms with Gasteiger partial charge in [-0.15, -0.1) is 0 Å². The predicted octanol–water partition coefficient (Wildman–Crippen LogP) is 2.50. The minimum absolute atomic E-state index is 0.857. The Morgan fingerprint density at radius 1 is 1.20 bits per heavy atom. The average molecular weight is 279 g/mol. The van der Waals surface area contributed by atoms with Crippen LogP contribution in [0.2, 0.25) is 0 Å². The fourth-order valence-electron chi connectivity index (χ4n) is 3.16. The molecule has 0 amide bonds. The van der Waals surface area contributed by atoms with Gasteiger partial charge in [0.25, 0.3) is 5.82 Å². The molecule has 96 valence electrons. The van der Waals surface area contributed by atoms with Crippen LogP contribution in [0.1, 0.15) is 5.69 Å². The summed E-state index contributed by atoms with van der Waals surface area (Å²) in [7, 11) is 2.12. The van der Waals surface area contributed by atoms with Gasteiger partial charge in [0.15, 0.2) is 0 Å². The first-order chi connectivity index (χ1) is 9.84. The number of hydrogen-bond donors (Lipinski definition) is 0. The van der Waals surface area contributed by atoms with Crippen molar-refractivity contribution >= 4 is 31.9 Å². The minimum atomic E-state index is 0.857. The van der Waals surface area contributed by atoms with Crippen molar-refractivity contribution in [2.75, 3.05) is 0 Å². The van der Waals surface area contributed by atoms with Gasteiger partial charge in [-0.3, -0.25) is 9.97 Å². The second-order valence-electron chi connectivity index (χ2n) is 5.07. The number of fused-ring (bicyclic) bond motifs is 7. The summed E-state index contributed by atoms with van der Waals surface area (Å²) in [6.45, 7) is 0.857. The number of rotatable bonds is 0. The van der Waals surface area contributed by atoms with Crippen LogP contribution in [0.3, 0.4) is 0 Å². The van der Waals surface area contributed by atoms with E-state index in [1.807, 2.05) is 35.9 Å². The fraction of sp³-hybridized carbons (Fsp3) is 0.133. The highest BCUT2D eigenvalue weighted by atomic mass is 32.1. The monoisotopic (exact) mass is 279 g/mol. The van der Waals surface area contributed by atoms with Gasteiger partial charge in [0, 0.05) is 12.4 Å². The maximum atomic E-state index is 4.56. The van der Waals surface area contributed by atoms with Crippen LogP contribution in [0, 0.1) is 0 Å². The summed E-state index contributed by atoms with van der Waals surface area (Å²) >= 11 is 1.81. The lowest BCUT2D eigenvalue weighted by molar-refractivity contribution is -0.644. The Balaban J connectivity index is 1.98. The number of pyridine rings is 2. The molecule has 1 aliphatic rings. The molecule has 5 heterocycles. The minimum Gasteiger partial charge on any atom is -0.256 e. The summed E-state index contributed by atoms with van der Waals surface area (Å²) in [5.41, 5.74) is 4.73. The van der Waals surface area contributed by atoms with E-state index in [-0.39, 0.29) is 0 Å². The van der Waals surface area contributed by atoms with Gasteiger partial charge in [-0.2, -0.15) is 0 Å². The number of aryl methyl sites for hydroxylation is 1. The second-order valence-corrected chi connectivity index (χ2v) is 6.10. The molecule has 0 fully saturated rings. The zero-order valence-electron chi connectivity index (χ0n) is 10.9. The molecule has 4 aromatic heterocycles. The molecule has 0 saturated heterocycles. The highest BCUT2D eigenvalue weighted by molar-refractivity contribution is 7.25. The Hall–Kier alpha value is -2.27. The van der Waals surface area contributed by atoms with Crippen LogP contribution in [-0.4, -0.2) is 14.5 Å². The molecule has 0 aliphatic carbocycles. The molecule has 0 unspecified atom stereocenters. The number of nitrogens with zero attached hydrogens (tertiary/aromatic N) is 4. The maximum Gasteiger partial charge on any atom is 0.292 e. The lowest BCUT2D eigenvalue weighted by Gasteiger charge is -1.94. The Morgan fingerprint density at radius 2 is 2.05 bits per heavy atom. The van der Waals surface area contributed by atoms with Crippen LogP contribution in [0.5, 0.6) is 0 Å². The van der Waals surface area contributed by atoms with Crippen molar-refractivity contribution in [1.82, 2.24) is 14.5 Å². The van der Waals surface area contributed by atoms with Gasteiger partial charge in [0.2, 0.25) is 10.3 Å². The van der Waals surface area contributed by atoms with Crippen molar-refractivity contribution in [3.8, 4) is 11.4 Å². The molecular weight excluding hydrogens is 268 g/mol. The predicted molar refractivity (Wildman–Crippen MR) is 78.6 cm³/mol. The molecular formula is C15H11N4S+. The molecule has 0 atom stereocenters. The molecule has 0 saturated carbocycles. The van der Waals surface area contributed by atoms with E-state index < -0.39 is 0 Å². The highest BCUT2D eigenvalue weighted by Gasteiger charge is 2.35. The standard InChI is InChI=1S/C15H11N4S/c1-18-13-12-11(5-3-7-17-12)20-15(13)19-8-10-9(14(18)19)4-2-6-16-10/h2-7H,8H2,1H3/q+1. The largest absolute Gasteiger partial charge is 0.292 e. The third-order valence-electron chi connectivity index (χ3n) is 4.00. The molecule has 20 heavy (non-hydrogen) atoms. The first-order valence-corrected chi connectivity index (χ1v) is 7.36. The van der Waals surface area contributed by atoms with E-state index in [4.69, 9.17) is 0 Å². The van der Waals surface area contributed by atoms with Gasteiger partial charge in [-0.25, -0.2) is 9.13 Å². The lowest BCUT2D eigenvalue weighted by Crippen LogP contribution is -2.30. The molecule has 1 aliphatic heterocycles. The molecule has 0 spiro atoms. The van der Waals surface area contributed by atoms with Crippen molar-refractivity contribution in [3.05, 3.63) is 42.4 Å². The molecule has 4 nitrogen and oxygen atoms in total. The normalized spacial score (nSPS) is 13.1. The van der Waals surface area contributed by atoms with Crippen molar-refractivity contribution in [3.63, 3.8) is 0 Å². The van der Waals surface area contributed by atoms with Crippen LogP contribution in [0.4, 0.5) is 0 Å². The number of thiophene rings is 1. The van der Waals surface area contributed by atoms with Gasteiger partial charge in [0.1, 0.15) is 12.1 Å². The van der Waals surface area contributed by atoms with Crippen LogP contribution in [0.15, 0.2) is 36.7 Å². The molecule has 4 aromatic rings. The van der Waals surface area contributed by atoms with E-state index in [1.54, 1.807) is 0 Å². The Labute approximate surface area is 119 Å². The topological polar surface area (TPSA) is 34.6 Å². The second kappa shape index (κ2) is 3.43. The number of imidazole rings is 1. The first-order valence-electron chi connectivity index (χ1n) is 6.54. The third-order valence-corrected chi connectivity index (χ3v) is 5.15. The van der Waals surface area contributed by atoms with Gasteiger partial charge in [0.05, 0.1) is 23.0 Å². The van der Waals surface area contributed by atoms with Crippen molar-refractivity contribution in [2.45, 2.75) is 6.54 Å². The molecule has 5 heteroatoms. The zero-order chi connectivity index (χ0) is 13.3. The summed E-state index contributed by atoms with van der Waals surface area (Å²) in [5, 5.41) is 0. The van der Waals surface area contributed by atoms with Crippen LogP contribution < -0.4 is 4.57 Å². The maximum absolute atomic E-state index is 4.56. The summed E-state index contributed by atoms with van der Waals surface area (Å²) in [6, 6.07) is 8.30. The van der Waals surface area contributed by atoms with Gasteiger partial charge < -0.3 is 0 Å². The van der Waals surface area contributed by atoms with Crippen LogP contribution in [-0.2, 0) is 13.6 Å². The summed E-state index contributed by atoms with van der Waals surface area (Å²) in [6.07, 6.45) is 3.74. The van der Waals surface area contributed by atoms with E-state index in [2.05, 4.69) is 38.3 Å². The van der Waals surface area contributed by atoms with Gasteiger partial charge >= 0.3 is 0 Å². The quantitative estimate of drug-likeness (QED) is 0.408. The smallest absolute Gasteiger partial charge is 0.256 e. The number of aromatic nitrogens is 4. The van der Waals surface area contributed by atoms with Gasteiger partial charge in [-0.05, 0) is 24.3 Å². The van der Waals surface area contributed by atoms with E-state index in [0.29, 0.717) is 0 Å². The third kappa shape index (κ3) is 1.10. The highest BCUT2D eigenvalue weighted by Crippen LogP contribution is 2.36.